The van der Waals surface area contributed by atoms with Crippen molar-refractivity contribution in [3.63, 3.8) is 0 Å². The molecule has 30 heavy (non-hydrogen) atoms. The number of anilines is 1. The lowest BCUT2D eigenvalue weighted by molar-refractivity contribution is -0.0511. The monoisotopic (exact) mass is 431 g/mol. The van der Waals surface area contributed by atoms with E-state index in [-0.39, 0.29) is 6.61 Å². The van der Waals surface area contributed by atoms with Crippen LogP contribution in [0.1, 0.15) is 18.7 Å². The summed E-state index contributed by atoms with van der Waals surface area (Å²) in [5, 5.41) is 33.8. The summed E-state index contributed by atoms with van der Waals surface area (Å²) in [6, 6.07) is 10.2. The Balaban J connectivity index is 1.62. The van der Waals surface area contributed by atoms with Crippen molar-refractivity contribution in [1.82, 2.24) is 19.5 Å². The van der Waals surface area contributed by atoms with Gasteiger partial charge in [0.1, 0.15) is 18.3 Å². The normalized spacial score (nSPS) is 23.9. The zero-order chi connectivity index (χ0) is 21.1. The summed E-state index contributed by atoms with van der Waals surface area (Å²) >= 11 is 1.50. The molecular weight excluding hydrogens is 406 g/mol. The Hall–Kier alpha value is -2.24. The molecule has 3 heterocycles. The first-order valence-electron chi connectivity index (χ1n) is 9.90. The lowest BCUT2D eigenvalue weighted by atomic mass is 10.1. The Morgan fingerprint density at radius 2 is 1.97 bits per heavy atom. The van der Waals surface area contributed by atoms with Crippen molar-refractivity contribution in [2.45, 2.75) is 43.0 Å². The maximum atomic E-state index is 10.4. The molecule has 1 aromatic carbocycles. The molecule has 4 rings (SSSR count). The second-order valence-electron chi connectivity index (χ2n) is 7.00. The minimum absolute atomic E-state index is 0.389. The predicted octanol–water partition coefficient (Wildman–Crippen LogP) is 1.20. The number of thioether (sulfide) groups is 1. The fraction of sp³-hybridized carbons (Fsp3) is 0.450. The standard InChI is InChI=1S/C20H25N5O4S/c1-2-30-20-23-17(21-9-8-12-6-4-3-5-7-12)14-18(24-20)25(11-22-14)19-16(28)15(27)13(10-26)29-19/h3-7,11,13,15-16,19,26-28H,2,8-10H2,1H3,(H,21,23,24)/t13-,15-,16-,19-/m1/s1. The molecule has 0 bridgehead atoms. The Labute approximate surface area is 178 Å². The molecule has 2 aromatic heterocycles. The number of aliphatic hydroxyl groups excluding tert-OH is 3. The predicted molar refractivity (Wildman–Crippen MR) is 113 cm³/mol. The summed E-state index contributed by atoms with van der Waals surface area (Å²) in [4.78, 5) is 13.6. The molecule has 0 unspecified atom stereocenters. The molecule has 0 spiro atoms. The van der Waals surface area contributed by atoms with Crippen LogP contribution in [0.5, 0.6) is 0 Å². The summed E-state index contributed by atoms with van der Waals surface area (Å²) in [6.45, 7) is 2.30. The smallest absolute Gasteiger partial charge is 0.191 e. The molecule has 1 saturated heterocycles. The van der Waals surface area contributed by atoms with E-state index in [1.165, 1.54) is 23.7 Å². The molecule has 1 fully saturated rings. The van der Waals surface area contributed by atoms with Crippen LogP contribution in [0.2, 0.25) is 0 Å². The van der Waals surface area contributed by atoms with Gasteiger partial charge >= 0.3 is 0 Å². The van der Waals surface area contributed by atoms with E-state index in [2.05, 4.69) is 32.4 Å². The van der Waals surface area contributed by atoms with Gasteiger partial charge in [0.05, 0.1) is 12.9 Å². The van der Waals surface area contributed by atoms with Crippen LogP contribution < -0.4 is 5.32 Å². The van der Waals surface area contributed by atoms with E-state index in [0.717, 1.165) is 12.2 Å². The maximum Gasteiger partial charge on any atom is 0.191 e. The van der Waals surface area contributed by atoms with E-state index in [9.17, 15) is 15.3 Å². The van der Waals surface area contributed by atoms with Gasteiger partial charge in [0.25, 0.3) is 0 Å². The number of aromatic nitrogens is 4. The number of hydrogen-bond donors (Lipinski definition) is 4. The highest BCUT2D eigenvalue weighted by molar-refractivity contribution is 7.99. The molecule has 0 aliphatic carbocycles. The Morgan fingerprint density at radius 3 is 2.67 bits per heavy atom. The third-order valence-corrected chi connectivity index (χ3v) is 5.74. The first-order chi connectivity index (χ1) is 14.6. The van der Waals surface area contributed by atoms with Gasteiger partial charge in [-0.2, -0.15) is 0 Å². The van der Waals surface area contributed by atoms with E-state index >= 15 is 0 Å². The second kappa shape index (κ2) is 9.27. The number of nitrogens with one attached hydrogen (secondary N) is 1. The van der Waals surface area contributed by atoms with Gasteiger partial charge in [0, 0.05) is 6.54 Å². The Morgan fingerprint density at radius 1 is 1.17 bits per heavy atom. The van der Waals surface area contributed by atoms with E-state index in [1.807, 2.05) is 25.1 Å². The van der Waals surface area contributed by atoms with Gasteiger partial charge in [-0.25, -0.2) is 15.0 Å². The van der Waals surface area contributed by atoms with Crippen molar-refractivity contribution in [2.75, 3.05) is 24.2 Å². The van der Waals surface area contributed by atoms with Crippen molar-refractivity contribution in [2.24, 2.45) is 0 Å². The van der Waals surface area contributed by atoms with Crippen molar-refractivity contribution in [3.05, 3.63) is 42.2 Å². The number of nitrogens with zero attached hydrogens (tertiary/aromatic N) is 4. The van der Waals surface area contributed by atoms with Gasteiger partial charge in [-0.1, -0.05) is 49.0 Å². The number of aliphatic hydroxyl groups is 3. The summed E-state index contributed by atoms with van der Waals surface area (Å²) < 4.78 is 7.24. The minimum atomic E-state index is -1.20. The molecule has 10 heteroatoms. The van der Waals surface area contributed by atoms with Gasteiger partial charge in [0.15, 0.2) is 28.4 Å². The van der Waals surface area contributed by atoms with Gasteiger partial charge in [-0.3, -0.25) is 4.57 Å². The summed E-state index contributed by atoms with van der Waals surface area (Å²) in [5.74, 6) is 1.41. The van der Waals surface area contributed by atoms with Crippen LogP contribution in [0.25, 0.3) is 11.2 Å². The second-order valence-corrected chi connectivity index (χ2v) is 8.23. The minimum Gasteiger partial charge on any atom is -0.394 e. The molecule has 3 aromatic rings. The average molecular weight is 432 g/mol. The Bertz CT molecular complexity index is 986. The summed E-state index contributed by atoms with van der Waals surface area (Å²) in [5.41, 5.74) is 2.27. The third kappa shape index (κ3) is 4.14. The first kappa shape index (κ1) is 21.0. The van der Waals surface area contributed by atoms with Crippen molar-refractivity contribution < 1.29 is 20.1 Å². The summed E-state index contributed by atoms with van der Waals surface area (Å²) in [6.07, 6.45) is -1.80. The number of rotatable bonds is 8. The molecule has 1 aliphatic rings. The number of fused-ring (bicyclic) bond motifs is 1. The topological polar surface area (TPSA) is 126 Å². The van der Waals surface area contributed by atoms with Crippen molar-refractivity contribution in [1.29, 1.82) is 0 Å². The fourth-order valence-electron chi connectivity index (χ4n) is 3.48. The zero-order valence-electron chi connectivity index (χ0n) is 16.5. The SMILES string of the molecule is CCSc1nc(NCCc2ccccc2)c2ncn([C@@H]3O[C@H](CO)[C@@H](O)[C@H]3O)c2n1. The van der Waals surface area contributed by atoms with Crippen LogP contribution >= 0.6 is 11.8 Å². The highest BCUT2D eigenvalue weighted by atomic mass is 32.2. The lowest BCUT2D eigenvalue weighted by Crippen LogP contribution is -2.33. The molecule has 160 valence electrons. The fourth-order valence-corrected chi connectivity index (χ4v) is 4.04. The van der Waals surface area contributed by atoms with Crippen LogP contribution in [0.15, 0.2) is 41.8 Å². The van der Waals surface area contributed by atoms with Gasteiger partial charge in [-0.15, -0.1) is 0 Å². The average Bonchev–Trinajstić information content (AvgIpc) is 3.30. The number of ether oxygens (including phenoxy) is 1. The van der Waals surface area contributed by atoms with Crippen LogP contribution in [0.3, 0.4) is 0 Å². The molecule has 1 aliphatic heterocycles. The first-order valence-corrected chi connectivity index (χ1v) is 10.9. The Kier molecular flexibility index (Phi) is 6.49. The number of hydrogen-bond acceptors (Lipinski definition) is 9. The molecular formula is C20H25N5O4S. The van der Waals surface area contributed by atoms with Crippen molar-refractivity contribution >= 4 is 28.7 Å². The lowest BCUT2D eigenvalue weighted by Gasteiger charge is -2.17. The molecule has 4 N–H and O–H groups in total. The van der Waals surface area contributed by atoms with E-state index in [4.69, 9.17) is 4.74 Å². The third-order valence-electron chi connectivity index (χ3n) is 5.01. The van der Waals surface area contributed by atoms with Crippen LogP contribution in [0, 0.1) is 0 Å². The number of benzene rings is 1. The number of imidazole rings is 1. The molecule has 4 atom stereocenters. The summed E-state index contributed by atoms with van der Waals surface area (Å²) in [7, 11) is 0. The zero-order valence-corrected chi connectivity index (χ0v) is 17.4. The molecule has 0 saturated carbocycles. The molecule has 0 radical (unpaired) electrons. The highest BCUT2D eigenvalue weighted by Crippen LogP contribution is 2.33. The van der Waals surface area contributed by atoms with Gasteiger partial charge < -0.3 is 25.4 Å². The largest absolute Gasteiger partial charge is 0.394 e. The van der Waals surface area contributed by atoms with Gasteiger partial charge in [-0.05, 0) is 17.7 Å². The highest BCUT2D eigenvalue weighted by Gasteiger charge is 2.44. The van der Waals surface area contributed by atoms with Crippen LogP contribution in [-0.4, -0.2) is 72.1 Å². The van der Waals surface area contributed by atoms with Crippen LogP contribution in [-0.2, 0) is 11.2 Å². The molecule has 9 nitrogen and oxygen atoms in total. The maximum absolute atomic E-state index is 10.4. The van der Waals surface area contributed by atoms with E-state index in [1.54, 1.807) is 4.57 Å². The molecule has 0 amide bonds. The van der Waals surface area contributed by atoms with E-state index < -0.39 is 24.5 Å². The van der Waals surface area contributed by atoms with Crippen molar-refractivity contribution in [3.8, 4) is 0 Å². The van der Waals surface area contributed by atoms with Gasteiger partial charge in [0.2, 0.25) is 0 Å². The van der Waals surface area contributed by atoms with Crippen LogP contribution in [0.4, 0.5) is 5.82 Å². The van der Waals surface area contributed by atoms with E-state index in [0.29, 0.717) is 28.7 Å². The quantitative estimate of drug-likeness (QED) is 0.307.